The number of rotatable bonds is 7. The molecule has 0 spiro atoms. The highest BCUT2D eigenvalue weighted by Gasteiger charge is 2.46. The number of ketones is 1. The van der Waals surface area contributed by atoms with Gasteiger partial charge >= 0.3 is 5.97 Å². The summed E-state index contributed by atoms with van der Waals surface area (Å²) in [4.78, 5) is 37.7. The van der Waals surface area contributed by atoms with Crippen LogP contribution in [0.2, 0.25) is 5.02 Å². The van der Waals surface area contributed by atoms with Crippen molar-refractivity contribution in [2.45, 2.75) is 19.4 Å². The topological polar surface area (TPSA) is 104 Å². The number of ether oxygens (including phenoxy) is 1. The van der Waals surface area contributed by atoms with Crippen LogP contribution in [0.25, 0.3) is 5.76 Å². The summed E-state index contributed by atoms with van der Waals surface area (Å²) in [5, 5.41) is 20.4. The molecule has 0 aromatic heterocycles. The zero-order valence-electron chi connectivity index (χ0n) is 16.2. The standard InChI is InChI=1S/C22H20ClNO6/c1-2-30-16-9-5-13(6-10-16)19-18(20(27)14-3-7-15(23)8-4-14)21(28)22(29)24(19)12-11-17(25)26/h3-10,19,27H,2,11-12H2,1H3,(H,25,26)/b20-18+. The van der Waals surface area contributed by atoms with E-state index in [-0.39, 0.29) is 24.3 Å². The van der Waals surface area contributed by atoms with Crippen molar-refractivity contribution in [1.82, 2.24) is 4.90 Å². The van der Waals surface area contributed by atoms with Crippen molar-refractivity contribution < 1.29 is 29.3 Å². The van der Waals surface area contributed by atoms with Gasteiger partial charge in [0.1, 0.15) is 11.5 Å². The third-order valence-corrected chi connectivity index (χ3v) is 4.98. The number of carbonyl (C=O) groups is 3. The van der Waals surface area contributed by atoms with Gasteiger partial charge in [-0.25, -0.2) is 0 Å². The molecule has 7 nitrogen and oxygen atoms in total. The molecule has 1 atom stereocenters. The van der Waals surface area contributed by atoms with Gasteiger partial charge in [-0.15, -0.1) is 0 Å². The second-order valence-corrected chi connectivity index (χ2v) is 7.08. The average Bonchev–Trinajstić information content (AvgIpc) is 2.98. The van der Waals surface area contributed by atoms with Crippen LogP contribution >= 0.6 is 11.6 Å². The van der Waals surface area contributed by atoms with Crippen LogP contribution < -0.4 is 4.74 Å². The highest BCUT2D eigenvalue weighted by Crippen LogP contribution is 2.40. The van der Waals surface area contributed by atoms with Crippen LogP contribution in [0.3, 0.4) is 0 Å². The van der Waals surface area contributed by atoms with Crippen molar-refractivity contribution in [3.63, 3.8) is 0 Å². The molecule has 1 fully saturated rings. The molecule has 0 radical (unpaired) electrons. The number of aliphatic carboxylic acids is 1. The zero-order valence-corrected chi connectivity index (χ0v) is 16.9. The quantitative estimate of drug-likeness (QED) is 0.395. The van der Waals surface area contributed by atoms with Crippen LogP contribution in [0.1, 0.15) is 30.5 Å². The molecule has 0 aliphatic carbocycles. The molecular weight excluding hydrogens is 410 g/mol. The molecule has 1 amide bonds. The van der Waals surface area contributed by atoms with Crippen molar-refractivity contribution >= 4 is 35.0 Å². The minimum atomic E-state index is -1.10. The molecule has 1 aliphatic heterocycles. The molecule has 3 rings (SSSR count). The molecule has 2 aromatic rings. The Labute approximate surface area is 178 Å². The van der Waals surface area contributed by atoms with Crippen LogP contribution in [0.5, 0.6) is 5.75 Å². The lowest BCUT2D eigenvalue weighted by Gasteiger charge is -2.25. The number of amides is 1. The smallest absolute Gasteiger partial charge is 0.305 e. The molecular formula is C22H20ClNO6. The molecule has 30 heavy (non-hydrogen) atoms. The van der Waals surface area contributed by atoms with E-state index >= 15 is 0 Å². The number of carboxylic acids is 1. The highest BCUT2D eigenvalue weighted by molar-refractivity contribution is 6.46. The number of aliphatic hydroxyl groups is 1. The molecule has 0 bridgehead atoms. The van der Waals surface area contributed by atoms with E-state index < -0.39 is 23.7 Å². The normalized spacial score (nSPS) is 17.9. The van der Waals surface area contributed by atoms with Crippen LogP contribution in [0, 0.1) is 0 Å². The molecule has 1 unspecified atom stereocenters. The Morgan fingerprint density at radius 3 is 2.27 bits per heavy atom. The minimum absolute atomic E-state index is 0.100. The second-order valence-electron chi connectivity index (χ2n) is 6.65. The monoisotopic (exact) mass is 429 g/mol. The van der Waals surface area contributed by atoms with Gasteiger partial charge in [0.25, 0.3) is 11.7 Å². The summed E-state index contributed by atoms with van der Waals surface area (Å²) in [6.45, 7) is 2.16. The number of carbonyl (C=O) groups excluding carboxylic acids is 2. The van der Waals surface area contributed by atoms with Crippen LogP contribution in [0.4, 0.5) is 0 Å². The van der Waals surface area contributed by atoms with Crippen molar-refractivity contribution in [2.24, 2.45) is 0 Å². The predicted octanol–water partition coefficient (Wildman–Crippen LogP) is 3.64. The zero-order chi connectivity index (χ0) is 21.8. The predicted molar refractivity (Wildman–Crippen MR) is 110 cm³/mol. The van der Waals surface area contributed by atoms with Gasteiger partial charge in [0.2, 0.25) is 0 Å². The van der Waals surface area contributed by atoms with Crippen molar-refractivity contribution in [3.8, 4) is 5.75 Å². The molecule has 1 saturated heterocycles. The first kappa shape index (κ1) is 21.4. The second kappa shape index (κ2) is 9.00. The van der Waals surface area contributed by atoms with Crippen LogP contribution in [0.15, 0.2) is 54.1 Å². The van der Waals surface area contributed by atoms with Crippen molar-refractivity contribution in [1.29, 1.82) is 0 Å². The molecule has 2 N–H and O–H groups in total. The Morgan fingerprint density at radius 2 is 1.70 bits per heavy atom. The fraction of sp³-hybridized carbons (Fsp3) is 0.227. The van der Waals surface area contributed by atoms with E-state index in [1.807, 2.05) is 6.92 Å². The first-order valence-corrected chi connectivity index (χ1v) is 9.70. The summed E-state index contributed by atoms with van der Waals surface area (Å²) in [5.41, 5.74) is 0.780. The maximum absolute atomic E-state index is 12.8. The Balaban J connectivity index is 2.11. The molecule has 1 aliphatic rings. The van der Waals surface area contributed by atoms with Gasteiger partial charge in [-0.05, 0) is 48.9 Å². The van der Waals surface area contributed by atoms with Gasteiger partial charge < -0.3 is 19.8 Å². The first-order valence-electron chi connectivity index (χ1n) is 9.32. The van der Waals surface area contributed by atoms with Crippen LogP contribution in [-0.2, 0) is 14.4 Å². The fourth-order valence-corrected chi connectivity index (χ4v) is 3.48. The van der Waals surface area contributed by atoms with E-state index in [1.165, 1.54) is 17.0 Å². The van der Waals surface area contributed by atoms with E-state index in [4.69, 9.17) is 21.4 Å². The number of Topliss-reactive ketones (excluding diaryl/α,β-unsaturated/α-hetero) is 1. The first-order chi connectivity index (χ1) is 14.3. The van der Waals surface area contributed by atoms with Crippen molar-refractivity contribution in [3.05, 3.63) is 70.3 Å². The van der Waals surface area contributed by atoms with Gasteiger partial charge in [0.05, 0.1) is 24.6 Å². The number of benzene rings is 2. The van der Waals surface area contributed by atoms with E-state index in [0.717, 1.165) is 0 Å². The fourth-order valence-electron chi connectivity index (χ4n) is 3.35. The summed E-state index contributed by atoms with van der Waals surface area (Å²) in [6.07, 6.45) is -0.332. The molecule has 1 heterocycles. The lowest BCUT2D eigenvalue weighted by atomic mass is 9.95. The molecule has 2 aromatic carbocycles. The number of nitrogens with zero attached hydrogens (tertiary/aromatic N) is 1. The number of hydrogen-bond acceptors (Lipinski definition) is 5. The summed E-state index contributed by atoms with van der Waals surface area (Å²) in [5.74, 6) is -2.56. The minimum Gasteiger partial charge on any atom is -0.507 e. The Kier molecular flexibility index (Phi) is 6.42. The van der Waals surface area contributed by atoms with Gasteiger partial charge in [-0.3, -0.25) is 14.4 Å². The van der Waals surface area contributed by atoms with E-state index in [1.54, 1.807) is 36.4 Å². The third kappa shape index (κ3) is 4.31. The van der Waals surface area contributed by atoms with Gasteiger partial charge in [0, 0.05) is 17.1 Å². The molecule has 156 valence electrons. The van der Waals surface area contributed by atoms with Gasteiger partial charge in [0.15, 0.2) is 0 Å². The number of carboxylic acid groups (broad SMARTS) is 1. The number of aliphatic hydroxyl groups excluding tert-OH is 1. The highest BCUT2D eigenvalue weighted by atomic mass is 35.5. The maximum atomic E-state index is 12.8. The van der Waals surface area contributed by atoms with Crippen LogP contribution in [-0.4, -0.2) is 45.9 Å². The number of halogens is 1. The third-order valence-electron chi connectivity index (χ3n) is 4.73. The Hall–Kier alpha value is -3.32. The number of likely N-dealkylation sites (tertiary alicyclic amines) is 1. The lowest BCUT2D eigenvalue weighted by Crippen LogP contribution is -2.31. The summed E-state index contributed by atoms with van der Waals surface area (Å²) >= 11 is 5.89. The van der Waals surface area contributed by atoms with Gasteiger partial charge in [-0.2, -0.15) is 0 Å². The SMILES string of the molecule is CCOc1ccc(C2/C(=C(\O)c3ccc(Cl)cc3)C(=O)C(=O)N2CCC(=O)O)cc1. The van der Waals surface area contributed by atoms with E-state index in [0.29, 0.717) is 28.5 Å². The van der Waals surface area contributed by atoms with Gasteiger partial charge in [-0.1, -0.05) is 23.7 Å². The maximum Gasteiger partial charge on any atom is 0.305 e. The largest absolute Gasteiger partial charge is 0.507 e. The Bertz CT molecular complexity index is 997. The summed E-state index contributed by atoms with van der Waals surface area (Å²) < 4.78 is 5.43. The molecule has 0 saturated carbocycles. The Morgan fingerprint density at radius 1 is 1.07 bits per heavy atom. The van der Waals surface area contributed by atoms with E-state index in [2.05, 4.69) is 0 Å². The summed E-state index contributed by atoms with van der Waals surface area (Å²) in [7, 11) is 0. The number of hydrogen-bond donors (Lipinski definition) is 2. The molecule has 8 heteroatoms. The lowest BCUT2D eigenvalue weighted by molar-refractivity contribution is -0.142. The van der Waals surface area contributed by atoms with E-state index in [9.17, 15) is 19.5 Å². The average molecular weight is 430 g/mol. The summed E-state index contributed by atoms with van der Waals surface area (Å²) in [6, 6.07) is 12.0. The van der Waals surface area contributed by atoms with Crippen molar-refractivity contribution in [2.75, 3.05) is 13.2 Å².